The third-order valence-electron chi connectivity index (χ3n) is 6.81. The number of carbonyl (C=O) groups is 2. The summed E-state index contributed by atoms with van der Waals surface area (Å²) in [7, 11) is 1.69. The summed E-state index contributed by atoms with van der Waals surface area (Å²) in [6.07, 6.45) is 1.99. The molecule has 7 nitrogen and oxygen atoms in total. The molecule has 0 atom stereocenters. The molecule has 1 N–H and O–H groups in total. The number of halogens is 2. The number of methoxy groups -OCH3 is 1. The lowest BCUT2D eigenvalue weighted by Gasteiger charge is -2.39. The van der Waals surface area contributed by atoms with E-state index < -0.39 is 10.7 Å². The maximum Gasteiger partial charge on any atom is 0.257 e. The number of benzene rings is 2. The number of alkyl halides is 2. The second kappa shape index (κ2) is 11.4. The minimum absolute atomic E-state index is 0.0107. The lowest BCUT2D eigenvalue weighted by atomic mass is 9.98. The molecular formula is C26H32Cl2N4O3. The number of piperazine rings is 1. The summed E-state index contributed by atoms with van der Waals surface area (Å²) in [5.74, 6) is 0.949. The second-order valence-corrected chi connectivity index (χ2v) is 10.2. The molecule has 9 heteroatoms. The van der Waals surface area contributed by atoms with Gasteiger partial charge in [-0.2, -0.15) is 0 Å². The van der Waals surface area contributed by atoms with E-state index in [1.807, 2.05) is 29.2 Å². The first-order valence-electron chi connectivity index (χ1n) is 12.0. The molecule has 0 unspecified atom stereocenters. The molecule has 188 valence electrons. The molecule has 2 aliphatic heterocycles. The van der Waals surface area contributed by atoms with E-state index in [1.54, 1.807) is 19.2 Å². The standard InChI is InChI=1S/C26H32Cl2N4O3/c1-18-9-11-32(12-10-18)26(34)20-17-19(29-25(33)24(27)28)7-8-21(20)30-13-15-31(16-14-30)22-5-3-4-6-23(22)35-2/h3-8,17-18,24H,9-16H2,1-2H3,(H,29,33). The van der Waals surface area contributed by atoms with E-state index in [2.05, 4.69) is 28.1 Å². The van der Waals surface area contributed by atoms with Crippen molar-refractivity contribution in [1.82, 2.24) is 4.90 Å². The molecule has 2 aromatic carbocycles. The van der Waals surface area contributed by atoms with E-state index in [-0.39, 0.29) is 5.91 Å². The highest BCUT2D eigenvalue weighted by Crippen LogP contribution is 2.32. The minimum atomic E-state index is -1.18. The van der Waals surface area contributed by atoms with Crippen LogP contribution >= 0.6 is 23.2 Å². The largest absolute Gasteiger partial charge is 0.495 e. The van der Waals surface area contributed by atoms with Gasteiger partial charge in [0.25, 0.3) is 11.8 Å². The van der Waals surface area contributed by atoms with E-state index in [9.17, 15) is 9.59 Å². The lowest BCUT2D eigenvalue weighted by molar-refractivity contribution is -0.114. The van der Waals surface area contributed by atoms with Gasteiger partial charge in [-0.05, 0) is 49.1 Å². The summed E-state index contributed by atoms with van der Waals surface area (Å²) in [5, 5.41) is 2.70. The van der Waals surface area contributed by atoms with Gasteiger partial charge in [-0.25, -0.2) is 0 Å². The Balaban J connectivity index is 1.56. The van der Waals surface area contributed by atoms with Crippen LogP contribution in [0, 0.1) is 5.92 Å². The van der Waals surface area contributed by atoms with Crippen LogP contribution in [0.4, 0.5) is 17.1 Å². The van der Waals surface area contributed by atoms with Crippen LogP contribution in [0.5, 0.6) is 5.75 Å². The molecule has 0 bridgehead atoms. The van der Waals surface area contributed by atoms with E-state index in [0.717, 1.165) is 69.2 Å². The van der Waals surface area contributed by atoms with Crippen molar-refractivity contribution in [1.29, 1.82) is 0 Å². The fraction of sp³-hybridized carbons (Fsp3) is 0.462. The predicted octanol–water partition coefficient (Wildman–Crippen LogP) is 4.64. The summed E-state index contributed by atoms with van der Waals surface area (Å²) in [5.41, 5.74) is 3.04. The first-order chi connectivity index (χ1) is 16.9. The molecule has 4 rings (SSSR count). The number of anilines is 3. The van der Waals surface area contributed by atoms with Crippen molar-refractivity contribution in [3.05, 3.63) is 48.0 Å². The van der Waals surface area contributed by atoms with Crippen molar-refractivity contribution in [2.45, 2.75) is 24.6 Å². The molecule has 2 aliphatic rings. The molecule has 0 spiro atoms. The average molecular weight is 519 g/mol. The van der Waals surface area contributed by atoms with Gasteiger partial charge in [0, 0.05) is 50.6 Å². The van der Waals surface area contributed by atoms with Gasteiger partial charge in [0.05, 0.1) is 18.4 Å². The van der Waals surface area contributed by atoms with Crippen LogP contribution < -0.4 is 19.9 Å². The Kier molecular flexibility index (Phi) is 8.29. The third-order valence-corrected chi connectivity index (χ3v) is 7.21. The van der Waals surface area contributed by atoms with Crippen LogP contribution in [0.2, 0.25) is 0 Å². The lowest BCUT2D eigenvalue weighted by Crippen LogP contribution is -2.47. The van der Waals surface area contributed by atoms with Crippen molar-refractivity contribution in [2.75, 3.05) is 61.5 Å². The van der Waals surface area contributed by atoms with Gasteiger partial charge in [-0.3, -0.25) is 9.59 Å². The van der Waals surface area contributed by atoms with Gasteiger partial charge in [0.15, 0.2) is 4.84 Å². The van der Waals surface area contributed by atoms with Gasteiger partial charge >= 0.3 is 0 Å². The zero-order valence-corrected chi connectivity index (χ0v) is 21.7. The quantitative estimate of drug-likeness (QED) is 0.564. The van der Waals surface area contributed by atoms with Gasteiger partial charge < -0.3 is 24.8 Å². The molecule has 2 amide bonds. The number of rotatable bonds is 6. The molecular weight excluding hydrogens is 487 g/mol. The maximum atomic E-state index is 13.6. The number of hydrogen-bond acceptors (Lipinski definition) is 5. The summed E-state index contributed by atoms with van der Waals surface area (Å²) >= 11 is 11.4. The summed E-state index contributed by atoms with van der Waals surface area (Å²) < 4.78 is 5.54. The van der Waals surface area contributed by atoms with E-state index in [4.69, 9.17) is 27.9 Å². The van der Waals surface area contributed by atoms with Crippen molar-refractivity contribution in [2.24, 2.45) is 5.92 Å². The Labute approximate surface area is 216 Å². The van der Waals surface area contributed by atoms with Gasteiger partial charge in [0.2, 0.25) is 0 Å². The molecule has 2 saturated heterocycles. The molecule has 35 heavy (non-hydrogen) atoms. The van der Waals surface area contributed by atoms with Crippen LogP contribution in [-0.2, 0) is 4.79 Å². The summed E-state index contributed by atoms with van der Waals surface area (Å²) in [4.78, 5) is 30.9. The molecule has 0 saturated carbocycles. The smallest absolute Gasteiger partial charge is 0.257 e. The highest BCUT2D eigenvalue weighted by atomic mass is 35.5. The number of hydrogen-bond donors (Lipinski definition) is 1. The number of piperidine rings is 1. The topological polar surface area (TPSA) is 65.1 Å². The van der Waals surface area contributed by atoms with Crippen LogP contribution in [0.15, 0.2) is 42.5 Å². The number of ether oxygens (including phenoxy) is 1. The summed E-state index contributed by atoms with van der Waals surface area (Å²) in [6.45, 7) is 6.81. The second-order valence-electron chi connectivity index (χ2n) is 9.14. The minimum Gasteiger partial charge on any atom is -0.495 e. The van der Waals surface area contributed by atoms with E-state index in [1.165, 1.54) is 0 Å². The highest BCUT2D eigenvalue weighted by molar-refractivity contribution is 6.54. The van der Waals surface area contributed by atoms with Crippen LogP contribution in [0.3, 0.4) is 0 Å². The third kappa shape index (κ3) is 5.96. The van der Waals surface area contributed by atoms with Crippen molar-refractivity contribution in [3.63, 3.8) is 0 Å². The Morgan fingerprint density at radius 2 is 1.57 bits per heavy atom. The summed E-state index contributed by atoms with van der Waals surface area (Å²) in [6, 6.07) is 13.5. The van der Waals surface area contributed by atoms with Crippen LogP contribution in [-0.4, -0.2) is 67.9 Å². The highest BCUT2D eigenvalue weighted by Gasteiger charge is 2.28. The zero-order chi connectivity index (χ0) is 24.9. The fourth-order valence-electron chi connectivity index (χ4n) is 4.72. The van der Waals surface area contributed by atoms with E-state index in [0.29, 0.717) is 17.2 Å². The van der Waals surface area contributed by atoms with Crippen molar-refractivity contribution >= 4 is 52.1 Å². The number of carbonyl (C=O) groups excluding carboxylic acids is 2. The normalized spacial score (nSPS) is 17.0. The monoisotopic (exact) mass is 518 g/mol. The first kappa shape index (κ1) is 25.5. The van der Waals surface area contributed by atoms with Crippen LogP contribution in [0.25, 0.3) is 0 Å². The molecule has 0 radical (unpaired) electrons. The fourth-order valence-corrected chi connectivity index (χ4v) is 4.83. The van der Waals surface area contributed by atoms with Gasteiger partial charge in [-0.15, -0.1) is 0 Å². The van der Waals surface area contributed by atoms with Gasteiger partial charge in [-0.1, -0.05) is 42.3 Å². The Bertz CT molecular complexity index is 1050. The number of likely N-dealkylation sites (tertiary alicyclic amines) is 1. The molecule has 0 aromatic heterocycles. The number of para-hydroxylation sites is 2. The van der Waals surface area contributed by atoms with Crippen LogP contribution in [0.1, 0.15) is 30.1 Å². The van der Waals surface area contributed by atoms with Crippen molar-refractivity contribution in [3.8, 4) is 5.75 Å². The zero-order valence-electron chi connectivity index (χ0n) is 20.2. The SMILES string of the molecule is COc1ccccc1N1CCN(c2ccc(NC(=O)C(Cl)Cl)cc2C(=O)N2CCC(C)CC2)CC1. The Morgan fingerprint density at radius 3 is 2.20 bits per heavy atom. The molecule has 2 aromatic rings. The number of amides is 2. The molecule has 2 fully saturated rings. The predicted molar refractivity (Wildman–Crippen MR) is 142 cm³/mol. The van der Waals surface area contributed by atoms with Crippen molar-refractivity contribution < 1.29 is 14.3 Å². The van der Waals surface area contributed by atoms with E-state index >= 15 is 0 Å². The molecule has 2 heterocycles. The number of nitrogens with zero attached hydrogens (tertiary/aromatic N) is 3. The maximum absolute atomic E-state index is 13.6. The molecule has 0 aliphatic carbocycles. The Hall–Kier alpha value is -2.64. The number of nitrogens with one attached hydrogen (secondary N) is 1. The Morgan fingerprint density at radius 1 is 0.943 bits per heavy atom. The average Bonchev–Trinajstić information content (AvgIpc) is 2.88. The first-order valence-corrected chi connectivity index (χ1v) is 12.9. The van der Waals surface area contributed by atoms with Gasteiger partial charge in [0.1, 0.15) is 5.75 Å².